The largest absolute Gasteiger partial charge is 0.497 e. The number of hydrogen-bond donors (Lipinski definition) is 3. The van der Waals surface area contributed by atoms with E-state index in [1.807, 2.05) is 29.6 Å². The Morgan fingerprint density at radius 3 is 2.65 bits per heavy atom. The first kappa shape index (κ1) is 18.4. The van der Waals surface area contributed by atoms with Crippen LogP contribution in [-0.4, -0.2) is 30.6 Å². The van der Waals surface area contributed by atoms with E-state index in [-0.39, 0.29) is 19.0 Å². The smallest absolute Gasteiger partial charge is 0.309 e. The van der Waals surface area contributed by atoms with Gasteiger partial charge in [0.05, 0.1) is 13.7 Å². The Kier molecular flexibility index (Phi) is 5.58. The molecule has 1 aromatic heterocycles. The van der Waals surface area contributed by atoms with E-state index < -0.39 is 17.4 Å². The Hall–Kier alpha value is -2.38. The fourth-order valence-corrected chi connectivity index (χ4v) is 3.76. The van der Waals surface area contributed by atoms with Gasteiger partial charge in [-0.2, -0.15) is 0 Å². The number of aliphatic hydroxyl groups is 1. The van der Waals surface area contributed by atoms with Crippen molar-refractivity contribution in [2.75, 3.05) is 13.7 Å². The molecule has 1 heterocycles. The maximum atomic E-state index is 12.1. The van der Waals surface area contributed by atoms with E-state index in [1.165, 1.54) is 11.3 Å². The van der Waals surface area contributed by atoms with Gasteiger partial charge < -0.3 is 20.5 Å². The molecule has 2 amide bonds. The van der Waals surface area contributed by atoms with Crippen LogP contribution in [0, 0.1) is 5.92 Å². The monoisotopic (exact) mass is 374 g/mol. The molecule has 2 aromatic rings. The summed E-state index contributed by atoms with van der Waals surface area (Å²) in [6, 6.07) is 11.0. The van der Waals surface area contributed by atoms with Crippen molar-refractivity contribution in [3.63, 3.8) is 0 Å². The first-order valence-electron chi connectivity index (χ1n) is 8.48. The SMILES string of the molecule is COc1cccc(CNC(=O)C(=O)NCC(O)(c2cccs2)C2CC2)c1. The molecular weight excluding hydrogens is 352 g/mol. The Morgan fingerprint density at radius 2 is 2.00 bits per heavy atom. The zero-order valence-corrected chi connectivity index (χ0v) is 15.3. The van der Waals surface area contributed by atoms with Crippen LogP contribution in [0.15, 0.2) is 41.8 Å². The van der Waals surface area contributed by atoms with Crippen LogP contribution in [-0.2, 0) is 21.7 Å². The van der Waals surface area contributed by atoms with Gasteiger partial charge in [0.1, 0.15) is 11.4 Å². The summed E-state index contributed by atoms with van der Waals surface area (Å²) in [6.07, 6.45) is 1.85. The maximum Gasteiger partial charge on any atom is 0.309 e. The highest BCUT2D eigenvalue weighted by Gasteiger charge is 2.46. The molecule has 1 saturated carbocycles. The first-order chi connectivity index (χ1) is 12.5. The molecule has 0 radical (unpaired) electrons. The summed E-state index contributed by atoms with van der Waals surface area (Å²) in [5, 5.41) is 18.0. The van der Waals surface area contributed by atoms with E-state index in [0.717, 1.165) is 23.3 Å². The van der Waals surface area contributed by atoms with Gasteiger partial charge in [-0.05, 0) is 47.9 Å². The first-order valence-corrected chi connectivity index (χ1v) is 9.36. The molecule has 0 bridgehead atoms. The Bertz CT molecular complexity index is 774. The zero-order chi connectivity index (χ0) is 18.6. The molecule has 1 unspecified atom stereocenters. The lowest BCUT2D eigenvalue weighted by atomic mass is 9.95. The number of thiophene rings is 1. The number of nitrogens with one attached hydrogen (secondary N) is 2. The summed E-state index contributed by atoms with van der Waals surface area (Å²) in [7, 11) is 1.57. The molecule has 0 spiro atoms. The molecule has 7 heteroatoms. The minimum atomic E-state index is -1.10. The normalized spacial score (nSPS) is 15.8. The van der Waals surface area contributed by atoms with Crippen LogP contribution in [0.1, 0.15) is 23.3 Å². The van der Waals surface area contributed by atoms with Crippen molar-refractivity contribution >= 4 is 23.2 Å². The van der Waals surface area contributed by atoms with Crippen molar-refractivity contribution < 1.29 is 19.4 Å². The number of carbonyl (C=O) groups is 2. The van der Waals surface area contributed by atoms with Crippen molar-refractivity contribution in [1.29, 1.82) is 0 Å². The molecule has 1 fully saturated rings. The van der Waals surface area contributed by atoms with Crippen molar-refractivity contribution in [3.8, 4) is 5.75 Å². The average Bonchev–Trinajstić information content (AvgIpc) is 3.38. The fraction of sp³-hybridized carbons (Fsp3) is 0.368. The van der Waals surface area contributed by atoms with E-state index in [9.17, 15) is 14.7 Å². The Labute approximate surface area is 156 Å². The Balaban J connectivity index is 1.53. The predicted octanol–water partition coefficient (Wildman–Crippen LogP) is 1.79. The van der Waals surface area contributed by atoms with Crippen LogP contribution < -0.4 is 15.4 Å². The van der Waals surface area contributed by atoms with Gasteiger partial charge in [-0.3, -0.25) is 9.59 Å². The molecule has 1 atom stereocenters. The number of hydrogen-bond acceptors (Lipinski definition) is 5. The van der Waals surface area contributed by atoms with E-state index in [0.29, 0.717) is 5.75 Å². The predicted molar refractivity (Wildman–Crippen MR) is 98.8 cm³/mol. The molecule has 1 aromatic carbocycles. The van der Waals surface area contributed by atoms with Gasteiger partial charge in [-0.25, -0.2) is 0 Å². The number of ether oxygens (including phenoxy) is 1. The number of carbonyl (C=O) groups excluding carboxylic acids is 2. The third-order valence-electron chi connectivity index (χ3n) is 4.51. The molecular formula is C19H22N2O4S. The van der Waals surface area contributed by atoms with Gasteiger partial charge in [-0.1, -0.05) is 18.2 Å². The number of amides is 2. The standard InChI is InChI=1S/C19H22N2O4S/c1-25-15-5-2-4-13(10-15)11-20-17(22)18(23)21-12-19(24,14-7-8-14)16-6-3-9-26-16/h2-6,9-10,14,24H,7-8,11-12H2,1H3,(H,20,22)(H,21,23). The lowest BCUT2D eigenvalue weighted by Gasteiger charge is -2.27. The number of benzene rings is 1. The van der Waals surface area contributed by atoms with Crippen LogP contribution in [0.3, 0.4) is 0 Å². The summed E-state index contributed by atoms with van der Waals surface area (Å²) >= 11 is 1.46. The molecule has 138 valence electrons. The summed E-state index contributed by atoms with van der Waals surface area (Å²) in [5.41, 5.74) is -0.268. The summed E-state index contributed by atoms with van der Waals surface area (Å²) in [4.78, 5) is 24.9. The molecule has 26 heavy (non-hydrogen) atoms. The highest BCUT2D eigenvalue weighted by molar-refractivity contribution is 7.10. The molecule has 6 nitrogen and oxygen atoms in total. The summed E-state index contributed by atoms with van der Waals surface area (Å²) < 4.78 is 5.13. The minimum Gasteiger partial charge on any atom is -0.497 e. The molecule has 0 saturated heterocycles. The van der Waals surface area contributed by atoms with Crippen LogP contribution in [0.4, 0.5) is 0 Å². The van der Waals surface area contributed by atoms with Crippen LogP contribution >= 0.6 is 11.3 Å². The second kappa shape index (κ2) is 7.88. The van der Waals surface area contributed by atoms with Crippen molar-refractivity contribution in [1.82, 2.24) is 10.6 Å². The van der Waals surface area contributed by atoms with Crippen LogP contribution in [0.5, 0.6) is 5.75 Å². The summed E-state index contributed by atoms with van der Waals surface area (Å²) in [6.45, 7) is 0.255. The minimum absolute atomic E-state index is 0.0313. The highest BCUT2D eigenvalue weighted by Crippen LogP contribution is 2.46. The van der Waals surface area contributed by atoms with Crippen LogP contribution in [0.2, 0.25) is 0 Å². The van der Waals surface area contributed by atoms with Gasteiger partial charge in [0, 0.05) is 11.4 Å². The van der Waals surface area contributed by atoms with Gasteiger partial charge in [0.25, 0.3) is 0 Å². The molecule has 3 N–H and O–H groups in total. The van der Waals surface area contributed by atoms with E-state index in [2.05, 4.69) is 10.6 Å². The van der Waals surface area contributed by atoms with Gasteiger partial charge in [0.15, 0.2) is 0 Å². The fourth-order valence-electron chi connectivity index (χ4n) is 2.86. The number of rotatable bonds is 7. The van der Waals surface area contributed by atoms with E-state index in [4.69, 9.17) is 4.74 Å². The topological polar surface area (TPSA) is 87.7 Å². The quantitative estimate of drug-likeness (QED) is 0.645. The summed E-state index contributed by atoms with van der Waals surface area (Å²) in [5.74, 6) is -0.659. The van der Waals surface area contributed by atoms with Crippen molar-refractivity contribution in [2.45, 2.75) is 25.0 Å². The van der Waals surface area contributed by atoms with Gasteiger partial charge in [-0.15, -0.1) is 11.3 Å². The average molecular weight is 374 g/mol. The van der Waals surface area contributed by atoms with Crippen molar-refractivity contribution in [2.24, 2.45) is 5.92 Å². The molecule has 3 rings (SSSR count). The zero-order valence-electron chi connectivity index (χ0n) is 14.5. The Morgan fingerprint density at radius 1 is 1.23 bits per heavy atom. The van der Waals surface area contributed by atoms with Crippen LogP contribution in [0.25, 0.3) is 0 Å². The molecule has 1 aliphatic rings. The van der Waals surface area contributed by atoms with Gasteiger partial charge in [0.2, 0.25) is 0 Å². The number of methoxy groups -OCH3 is 1. The second-order valence-electron chi connectivity index (χ2n) is 6.39. The maximum absolute atomic E-state index is 12.1. The van der Waals surface area contributed by atoms with Crippen molar-refractivity contribution in [3.05, 3.63) is 52.2 Å². The molecule has 0 aliphatic heterocycles. The third kappa shape index (κ3) is 4.23. The lowest BCUT2D eigenvalue weighted by Crippen LogP contribution is -2.47. The van der Waals surface area contributed by atoms with Gasteiger partial charge >= 0.3 is 11.8 Å². The molecule has 1 aliphatic carbocycles. The second-order valence-corrected chi connectivity index (χ2v) is 7.34. The van der Waals surface area contributed by atoms with E-state index >= 15 is 0 Å². The third-order valence-corrected chi connectivity index (χ3v) is 5.55. The highest BCUT2D eigenvalue weighted by atomic mass is 32.1. The lowest BCUT2D eigenvalue weighted by molar-refractivity contribution is -0.140. The van der Waals surface area contributed by atoms with E-state index in [1.54, 1.807) is 19.2 Å².